The Hall–Kier alpha value is -0.380. The lowest BCUT2D eigenvalue weighted by atomic mass is 9.45. The second-order valence-electron chi connectivity index (χ2n) is 9.59. The molecule has 0 spiro atoms. The molecule has 3 saturated carbocycles. The van der Waals surface area contributed by atoms with Gasteiger partial charge in [-0.3, -0.25) is 0 Å². The Kier molecular flexibility index (Phi) is 3.38. The van der Waals surface area contributed by atoms with Crippen LogP contribution in [0.5, 0.6) is 0 Å². The van der Waals surface area contributed by atoms with E-state index in [1.807, 2.05) is 6.92 Å². The summed E-state index contributed by atoms with van der Waals surface area (Å²) in [6, 6.07) is 0. The quantitative estimate of drug-likeness (QED) is 0.601. The first-order valence-corrected chi connectivity index (χ1v) is 9.49. The minimum atomic E-state index is -0.813. The molecule has 0 bridgehead atoms. The highest BCUT2D eigenvalue weighted by atomic mass is 16.3. The summed E-state index contributed by atoms with van der Waals surface area (Å²) in [5.41, 5.74) is 0.569. The molecule has 0 aromatic carbocycles. The van der Waals surface area contributed by atoms with Crippen molar-refractivity contribution in [3.63, 3.8) is 0 Å². The molecule has 4 aliphatic carbocycles. The smallest absolute Gasteiger partial charge is 0.0836 e. The van der Waals surface area contributed by atoms with E-state index in [-0.39, 0.29) is 29.0 Å². The fraction of sp³-hybridized carbons (Fsp3) is 0.900. The highest BCUT2D eigenvalue weighted by Gasteiger charge is 2.63. The van der Waals surface area contributed by atoms with E-state index in [4.69, 9.17) is 0 Å². The Morgan fingerprint density at radius 3 is 2.43 bits per heavy atom. The molecule has 3 nitrogen and oxygen atoms in total. The van der Waals surface area contributed by atoms with Crippen molar-refractivity contribution < 1.29 is 15.3 Å². The molecule has 23 heavy (non-hydrogen) atoms. The second kappa shape index (κ2) is 4.83. The van der Waals surface area contributed by atoms with Gasteiger partial charge >= 0.3 is 0 Å². The van der Waals surface area contributed by atoms with Crippen LogP contribution in [0.4, 0.5) is 0 Å². The van der Waals surface area contributed by atoms with Gasteiger partial charge in [0, 0.05) is 0 Å². The van der Waals surface area contributed by atoms with Gasteiger partial charge in [-0.05, 0) is 80.5 Å². The van der Waals surface area contributed by atoms with E-state index in [1.165, 1.54) is 5.57 Å². The normalized spacial score (nSPS) is 58.9. The zero-order valence-corrected chi connectivity index (χ0v) is 14.8. The van der Waals surface area contributed by atoms with Gasteiger partial charge in [0.1, 0.15) is 0 Å². The number of aliphatic hydroxyl groups excluding tert-OH is 2. The van der Waals surface area contributed by atoms with E-state index in [2.05, 4.69) is 19.9 Å². The molecule has 0 radical (unpaired) electrons. The van der Waals surface area contributed by atoms with Gasteiger partial charge in [-0.15, -0.1) is 0 Å². The van der Waals surface area contributed by atoms with Crippen molar-refractivity contribution in [2.24, 2.45) is 28.6 Å². The standard InChI is InChI=1S/C20H32O3/c1-18-8-6-13(21)10-12(18)11-20(3,23)17-14-4-5-16(22)19(14,2)9-7-15(17)18/h11,13-17,21-23H,4-10H2,1-3H3/t13-,14-,15-,16-,17-,18-,19-,20-/m0/s1. The van der Waals surface area contributed by atoms with Crippen LogP contribution in [-0.2, 0) is 0 Å². The van der Waals surface area contributed by atoms with Crippen molar-refractivity contribution in [3.8, 4) is 0 Å². The maximum absolute atomic E-state index is 11.3. The number of aliphatic hydroxyl groups is 3. The lowest BCUT2D eigenvalue weighted by Crippen LogP contribution is -2.59. The summed E-state index contributed by atoms with van der Waals surface area (Å²) in [5, 5.41) is 32.0. The van der Waals surface area contributed by atoms with E-state index in [9.17, 15) is 15.3 Å². The average molecular weight is 320 g/mol. The fourth-order valence-corrected chi connectivity index (χ4v) is 6.95. The lowest BCUT2D eigenvalue weighted by Gasteiger charge is -2.61. The predicted molar refractivity (Wildman–Crippen MR) is 89.7 cm³/mol. The van der Waals surface area contributed by atoms with Gasteiger partial charge in [-0.25, -0.2) is 0 Å². The summed E-state index contributed by atoms with van der Waals surface area (Å²) < 4.78 is 0. The Bertz CT molecular complexity index is 539. The third-order valence-corrected chi connectivity index (χ3v) is 8.37. The van der Waals surface area contributed by atoms with Crippen LogP contribution in [0.15, 0.2) is 11.6 Å². The van der Waals surface area contributed by atoms with Crippen LogP contribution >= 0.6 is 0 Å². The number of hydrogen-bond donors (Lipinski definition) is 3. The zero-order valence-electron chi connectivity index (χ0n) is 14.8. The Morgan fingerprint density at radius 1 is 0.957 bits per heavy atom. The molecule has 4 aliphatic rings. The fourth-order valence-electron chi connectivity index (χ4n) is 6.95. The van der Waals surface area contributed by atoms with Gasteiger partial charge in [-0.1, -0.05) is 25.5 Å². The largest absolute Gasteiger partial charge is 0.393 e. The summed E-state index contributed by atoms with van der Waals surface area (Å²) in [6.45, 7) is 6.58. The van der Waals surface area contributed by atoms with Crippen molar-refractivity contribution >= 4 is 0 Å². The number of rotatable bonds is 0. The van der Waals surface area contributed by atoms with E-state index in [0.717, 1.165) is 44.9 Å². The maximum atomic E-state index is 11.3. The van der Waals surface area contributed by atoms with Crippen LogP contribution in [0, 0.1) is 28.6 Å². The van der Waals surface area contributed by atoms with Crippen LogP contribution in [0.1, 0.15) is 65.7 Å². The highest BCUT2D eigenvalue weighted by molar-refractivity contribution is 5.31. The molecule has 0 amide bonds. The van der Waals surface area contributed by atoms with Crippen molar-refractivity contribution in [1.82, 2.24) is 0 Å². The summed E-state index contributed by atoms with van der Waals surface area (Å²) in [6.07, 6.45) is 8.35. The average Bonchev–Trinajstić information content (AvgIpc) is 2.77. The Labute approximate surface area is 139 Å². The molecule has 3 heteroatoms. The van der Waals surface area contributed by atoms with Crippen LogP contribution in [0.3, 0.4) is 0 Å². The minimum Gasteiger partial charge on any atom is -0.393 e. The van der Waals surface area contributed by atoms with Crippen LogP contribution in [0.2, 0.25) is 0 Å². The van der Waals surface area contributed by atoms with Gasteiger partial charge in [0.05, 0.1) is 17.8 Å². The molecule has 0 saturated heterocycles. The van der Waals surface area contributed by atoms with Crippen molar-refractivity contribution in [2.75, 3.05) is 0 Å². The molecule has 3 N–H and O–H groups in total. The summed E-state index contributed by atoms with van der Waals surface area (Å²) >= 11 is 0. The van der Waals surface area contributed by atoms with E-state index < -0.39 is 5.60 Å². The molecule has 4 rings (SSSR count). The van der Waals surface area contributed by atoms with E-state index >= 15 is 0 Å². The molecular weight excluding hydrogens is 288 g/mol. The van der Waals surface area contributed by atoms with Crippen LogP contribution < -0.4 is 0 Å². The third kappa shape index (κ3) is 2.06. The summed E-state index contributed by atoms with van der Waals surface area (Å²) in [7, 11) is 0. The molecule has 0 unspecified atom stereocenters. The molecule has 0 aliphatic heterocycles. The van der Waals surface area contributed by atoms with Crippen molar-refractivity contribution in [1.29, 1.82) is 0 Å². The van der Waals surface area contributed by atoms with Gasteiger partial charge < -0.3 is 15.3 Å². The van der Waals surface area contributed by atoms with E-state index in [1.54, 1.807) is 0 Å². The number of fused-ring (bicyclic) bond motifs is 5. The lowest BCUT2D eigenvalue weighted by molar-refractivity contribution is -0.138. The highest BCUT2D eigenvalue weighted by Crippen LogP contribution is 2.66. The maximum Gasteiger partial charge on any atom is 0.0836 e. The van der Waals surface area contributed by atoms with Gasteiger partial charge in [0.15, 0.2) is 0 Å². The first-order valence-electron chi connectivity index (χ1n) is 9.49. The summed E-state index contributed by atoms with van der Waals surface area (Å²) in [5.74, 6) is 1.13. The zero-order chi connectivity index (χ0) is 16.6. The van der Waals surface area contributed by atoms with Gasteiger partial charge in [0.2, 0.25) is 0 Å². The SMILES string of the molecule is C[C@]12CC[C@H]3[C@H]([C@@H]1CC[C@@H]2O)[C@@](C)(O)C=C1C[C@@H](O)CC[C@@]13C. The van der Waals surface area contributed by atoms with Crippen molar-refractivity contribution in [2.45, 2.75) is 83.5 Å². The monoisotopic (exact) mass is 320 g/mol. The number of hydrogen-bond acceptors (Lipinski definition) is 3. The Morgan fingerprint density at radius 2 is 1.70 bits per heavy atom. The van der Waals surface area contributed by atoms with E-state index in [0.29, 0.717) is 11.8 Å². The Balaban J connectivity index is 1.79. The molecule has 0 aromatic rings. The second-order valence-corrected chi connectivity index (χ2v) is 9.59. The molecule has 0 aromatic heterocycles. The predicted octanol–water partition coefficient (Wildman–Crippen LogP) is 3.03. The van der Waals surface area contributed by atoms with Gasteiger partial charge in [0.25, 0.3) is 0 Å². The van der Waals surface area contributed by atoms with Crippen LogP contribution in [0.25, 0.3) is 0 Å². The molecule has 130 valence electrons. The third-order valence-electron chi connectivity index (χ3n) is 8.37. The first-order chi connectivity index (χ1) is 10.7. The first kappa shape index (κ1) is 16.1. The van der Waals surface area contributed by atoms with Crippen molar-refractivity contribution in [3.05, 3.63) is 11.6 Å². The van der Waals surface area contributed by atoms with Gasteiger partial charge in [-0.2, -0.15) is 0 Å². The molecular formula is C20H32O3. The minimum absolute atomic E-state index is 0.0267. The molecule has 0 heterocycles. The topological polar surface area (TPSA) is 60.7 Å². The van der Waals surface area contributed by atoms with Crippen LogP contribution in [-0.4, -0.2) is 33.1 Å². The molecule has 3 fully saturated rings. The summed E-state index contributed by atoms with van der Waals surface area (Å²) in [4.78, 5) is 0. The molecule has 8 atom stereocenters.